The first kappa shape index (κ1) is 18.8. The van der Waals surface area contributed by atoms with Crippen LogP contribution in [0, 0.1) is 0 Å². The minimum atomic E-state index is -3.15. The fourth-order valence-corrected chi connectivity index (χ4v) is 3.59. The van der Waals surface area contributed by atoms with Gasteiger partial charge in [0.1, 0.15) is 6.61 Å². The van der Waals surface area contributed by atoms with Gasteiger partial charge in [-0.2, -0.15) is 0 Å². The molecule has 0 unspecified atom stereocenters. The third-order valence-corrected chi connectivity index (χ3v) is 4.90. The van der Waals surface area contributed by atoms with Gasteiger partial charge in [-0.05, 0) is 29.8 Å². The summed E-state index contributed by atoms with van der Waals surface area (Å²) < 4.78 is 27.7. The molecule has 3 rings (SSSR count). The largest absolute Gasteiger partial charge is 0.460 e. The molecule has 0 bridgehead atoms. The number of benzene rings is 2. The highest BCUT2D eigenvalue weighted by Gasteiger charge is 2.34. The quantitative estimate of drug-likeness (QED) is 0.553. The average molecular weight is 387 g/mol. The number of imide groups is 1. The van der Waals surface area contributed by atoms with Gasteiger partial charge in [0.2, 0.25) is 0 Å². The Balaban J connectivity index is 1.56. The summed E-state index contributed by atoms with van der Waals surface area (Å²) in [4.78, 5) is 37.6. The van der Waals surface area contributed by atoms with Crippen molar-refractivity contribution in [2.45, 2.75) is 5.75 Å². The number of amides is 2. The minimum absolute atomic E-state index is 0.0375. The number of hydrogen-bond donors (Lipinski definition) is 0. The molecule has 2 aromatic carbocycles. The van der Waals surface area contributed by atoms with Crippen molar-refractivity contribution < 1.29 is 27.5 Å². The summed E-state index contributed by atoms with van der Waals surface area (Å²) in [6, 6.07) is 12.6. The molecule has 0 fully saturated rings. The normalized spacial score (nSPS) is 13.6. The predicted octanol–water partition coefficient (Wildman–Crippen LogP) is 1.68. The molecular weight excluding hydrogens is 370 g/mol. The molecule has 1 heterocycles. The molecule has 0 saturated heterocycles. The molecule has 0 aliphatic carbocycles. The Bertz CT molecular complexity index is 976. The first-order chi connectivity index (χ1) is 12.8. The van der Waals surface area contributed by atoms with Crippen molar-refractivity contribution in [3.8, 4) is 0 Å². The maximum absolute atomic E-state index is 12.2. The van der Waals surface area contributed by atoms with Crippen molar-refractivity contribution in [2.24, 2.45) is 0 Å². The maximum Gasteiger partial charge on any atom is 0.338 e. The van der Waals surface area contributed by atoms with E-state index in [4.69, 9.17) is 4.74 Å². The summed E-state index contributed by atoms with van der Waals surface area (Å²) in [7, 11) is -3.15. The Kier molecular flexibility index (Phi) is 5.09. The number of ether oxygens (including phenoxy) is 1. The van der Waals surface area contributed by atoms with Gasteiger partial charge in [0, 0.05) is 6.26 Å². The number of rotatable bonds is 6. The van der Waals surface area contributed by atoms with Gasteiger partial charge in [-0.1, -0.05) is 24.3 Å². The van der Waals surface area contributed by atoms with Crippen molar-refractivity contribution in [1.82, 2.24) is 4.90 Å². The van der Waals surface area contributed by atoms with E-state index < -0.39 is 27.6 Å². The Morgan fingerprint density at radius 3 is 2.04 bits per heavy atom. The van der Waals surface area contributed by atoms with Crippen LogP contribution in [0.1, 0.15) is 36.6 Å². The third kappa shape index (κ3) is 4.22. The van der Waals surface area contributed by atoms with Crippen molar-refractivity contribution in [1.29, 1.82) is 0 Å². The Hall–Kier alpha value is -3.00. The average Bonchev–Trinajstić information content (AvgIpc) is 2.86. The van der Waals surface area contributed by atoms with Crippen molar-refractivity contribution in [2.75, 3.05) is 19.4 Å². The molecule has 0 N–H and O–H groups in total. The molecule has 140 valence electrons. The monoisotopic (exact) mass is 387 g/mol. The van der Waals surface area contributed by atoms with Crippen LogP contribution in [-0.2, 0) is 20.3 Å². The van der Waals surface area contributed by atoms with Gasteiger partial charge < -0.3 is 4.74 Å². The molecule has 0 atom stereocenters. The van der Waals surface area contributed by atoms with Gasteiger partial charge in [0.15, 0.2) is 9.84 Å². The fourth-order valence-electron chi connectivity index (χ4n) is 2.79. The van der Waals surface area contributed by atoms with Crippen LogP contribution in [0.5, 0.6) is 0 Å². The zero-order chi connectivity index (χ0) is 19.6. The van der Waals surface area contributed by atoms with Crippen LogP contribution in [0.15, 0.2) is 48.5 Å². The lowest BCUT2D eigenvalue weighted by atomic mass is 10.1. The smallest absolute Gasteiger partial charge is 0.338 e. The second kappa shape index (κ2) is 7.32. The van der Waals surface area contributed by atoms with Crippen molar-refractivity contribution >= 4 is 27.6 Å². The summed E-state index contributed by atoms with van der Waals surface area (Å²) in [5, 5.41) is 0. The van der Waals surface area contributed by atoms with Gasteiger partial charge in [0.05, 0.1) is 29.0 Å². The Morgan fingerprint density at radius 1 is 0.963 bits per heavy atom. The van der Waals surface area contributed by atoms with Gasteiger partial charge in [-0.3, -0.25) is 14.5 Å². The van der Waals surface area contributed by atoms with Gasteiger partial charge in [0.25, 0.3) is 11.8 Å². The number of carbonyl (C=O) groups excluding carboxylic acids is 3. The van der Waals surface area contributed by atoms with Crippen molar-refractivity contribution in [3.05, 3.63) is 70.8 Å². The van der Waals surface area contributed by atoms with Crippen LogP contribution in [0.3, 0.4) is 0 Å². The van der Waals surface area contributed by atoms with Gasteiger partial charge in [-0.25, -0.2) is 13.2 Å². The molecule has 27 heavy (non-hydrogen) atoms. The molecule has 0 saturated carbocycles. The van der Waals surface area contributed by atoms with E-state index >= 15 is 0 Å². The summed E-state index contributed by atoms with van der Waals surface area (Å²) in [6.45, 7) is -0.167. The first-order valence-corrected chi connectivity index (χ1v) is 10.2. The second-order valence-electron chi connectivity index (χ2n) is 6.21. The van der Waals surface area contributed by atoms with Crippen LogP contribution in [-0.4, -0.2) is 50.5 Å². The van der Waals surface area contributed by atoms with E-state index in [2.05, 4.69) is 0 Å². The number of fused-ring (bicyclic) bond motifs is 1. The van der Waals surface area contributed by atoms with E-state index in [9.17, 15) is 22.8 Å². The van der Waals surface area contributed by atoms with Crippen LogP contribution in [0.4, 0.5) is 0 Å². The minimum Gasteiger partial charge on any atom is -0.460 e. The lowest BCUT2D eigenvalue weighted by Crippen LogP contribution is -2.33. The molecule has 1 aliphatic heterocycles. The second-order valence-corrected chi connectivity index (χ2v) is 8.35. The zero-order valence-corrected chi connectivity index (χ0v) is 15.4. The molecule has 2 aromatic rings. The summed E-state index contributed by atoms with van der Waals surface area (Å²) in [6.07, 6.45) is 1.13. The SMILES string of the molecule is CS(=O)(=O)Cc1ccc(C(=O)OCCN2C(=O)c3ccccc3C2=O)cc1. The molecule has 1 aliphatic rings. The summed E-state index contributed by atoms with van der Waals surface area (Å²) in [5.74, 6) is -1.53. The van der Waals surface area contributed by atoms with Gasteiger partial charge >= 0.3 is 5.97 Å². The number of carbonyl (C=O) groups is 3. The van der Waals surface area contributed by atoms with Crippen LogP contribution in [0.25, 0.3) is 0 Å². The number of hydrogen-bond acceptors (Lipinski definition) is 6. The van der Waals surface area contributed by atoms with E-state index in [1.807, 2.05) is 0 Å². The molecular formula is C19H17NO6S. The molecule has 7 nitrogen and oxygen atoms in total. The van der Waals surface area contributed by atoms with Crippen molar-refractivity contribution in [3.63, 3.8) is 0 Å². The topological polar surface area (TPSA) is 97.8 Å². The first-order valence-electron chi connectivity index (χ1n) is 8.15. The predicted molar refractivity (Wildman–Crippen MR) is 97.1 cm³/mol. The zero-order valence-electron chi connectivity index (χ0n) is 14.5. The van der Waals surface area contributed by atoms with E-state index in [1.165, 1.54) is 12.1 Å². The number of esters is 1. The Morgan fingerprint density at radius 2 is 1.52 bits per heavy atom. The summed E-state index contributed by atoms with van der Waals surface area (Å²) >= 11 is 0. The molecule has 2 amide bonds. The summed E-state index contributed by atoms with van der Waals surface area (Å²) in [5.41, 5.74) is 1.51. The van der Waals surface area contributed by atoms with E-state index in [0.717, 1.165) is 11.2 Å². The van der Waals surface area contributed by atoms with E-state index in [1.54, 1.807) is 36.4 Å². The molecule has 0 spiro atoms. The van der Waals surface area contributed by atoms with E-state index in [0.29, 0.717) is 16.7 Å². The van der Waals surface area contributed by atoms with Crippen LogP contribution in [0.2, 0.25) is 0 Å². The Labute approximate surface area is 156 Å². The standard InChI is InChI=1S/C19H17NO6S/c1-27(24,25)12-13-6-8-14(9-7-13)19(23)26-11-10-20-17(21)15-4-2-3-5-16(15)18(20)22/h2-9H,10-12H2,1H3. The van der Waals surface area contributed by atoms with Gasteiger partial charge in [-0.15, -0.1) is 0 Å². The fraction of sp³-hybridized carbons (Fsp3) is 0.211. The van der Waals surface area contributed by atoms with Crippen LogP contribution < -0.4 is 0 Å². The highest BCUT2D eigenvalue weighted by Crippen LogP contribution is 2.22. The lowest BCUT2D eigenvalue weighted by molar-refractivity contribution is 0.0420. The number of sulfone groups is 1. The number of nitrogens with zero attached hydrogens (tertiary/aromatic N) is 1. The lowest BCUT2D eigenvalue weighted by Gasteiger charge is -2.13. The van der Waals surface area contributed by atoms with E-state index in [-0.39, 0.29) is 24.5 Å². The highest BCUT2D eigenvalue weighted by molar-refractivity contribution is 7.89. The molecule has 8 heteroatoms. The van der Waals surface area contributed by atoms with Crippen LogP contribution >= 0.6 is 0 Å². The maximum atomic E-state index is 12.2. The molecule has 0 radical (unpaired) electrons. The third-order valence-electron chi connectivity index (χ3n) is 4.04. The molecule has 0 aromatic heterocycles. The highest BCUT2D eigenvalue weighted by atomic mass is 32.2.